The lowest BCUT2D eigenvalue weighted by molar-refractivity contribution is -0.108. The molecule has 1 aromatic heterocycles. The van der Waals surface area contributed by atoms with E-state index in [-0.39, 0.29) is 22.4 Å². The van der Waals surface area contributed by atoms with Gasteiger partial charge in [0.15, 0.2) is 16.4 Å². The molecule has 0 spiro atoms. The fourth-order valence-electron chi connectivity index (χ4n) is 8.85. The molecular weight excluding hydrogens is 880 g/mol. The molecule has 13 nitrogen and oxygen atoms in total. The molecule has 0 saturated carbocycles. The predicted molar refractivity (Wildman–Crippen MR) is 265 cm³/mol. The number of thiophene rings is 1. The van der Waals surface area contributed by atoms with Gasteiger partial charge in [-0.25, -0.2) is 13.5 Å². The average molecular weight is 939 g/mol. The second kappa shape index (κ2) is 22.7. The van der Waals surface area contributed by atoms with Crippen LogP contribution in [0, 0.1) is 5.82 Å². The highest BCUT2D eigenvalue weighted by Crippen LogP contribution is 2.44. The van der Waals surface area contributed by atoms with E-state index in [1.165, 1.54) is 18.0 Å². The summed E-state index contributed by atoms with van der Waals surface area (Å²) >= 11 is 2.53. The molecule has 2 saturated heterocycles. The lowest BCUT2D eigenvalue weighted by Crippen LogP contribution is -2.49. The zero-order valence-corrected chi connectivity index (χ0v) is 39.6. The Labute approximate surface area is 394 Å². The third kappa shape index (κ3) is 11.3. The second-order valence-electron chi connectivity index (χ2n) is 17.0. The van der Waals surface area contributed by atoms with Crippen LogP contribution in [0.2, 0.25) is 0 Å². The van der Waals surface area contributed by atoms with Gasteiger partial charge < -0.3 is 40.5 Å². The van der Waals surface area contributed by atoms with Gasteiger partial charge in [-0.1, -0.05) is 48.3 Å². The summed E-state index contributed by atoms with van der Waals surface area (Å²) in [6, 6.07) is 24.0. The summed E-state index contributed by atoms with van der Waals surface area (Å²) < 4.78 is 23.5. The molecule has 8 rings (SSSR count). The molecule has 0 radical (unpaired) electrons. The minimum Gasteiger partial charge on any atom is -0.504 e. The van der Waals surface area contributed by atoms with Gasteiger partial charge in [0.05, 0.1) is 10.6 Å². The average Bonchev–Trinajstić information content (AvgIpc) is 3.77. The third-order valence-corrected chi connectivity index (χ3v) is 14.9. The number of carbonyl (C=O) groups is 4. The highest BCUT2D eigenvalue weighted by molar-refractivity contribution is 7.96. The van der Waals surface area contributed by atoms with Crippen LogP contribution in [0.4, 0.5) is 21.5 Å². The van der Waals surface area contributed by atoms with Crippen molar-refractivity contribution in [1.29, 1.82) is 0 Å². The van der Waals surface area contributed by atoms with Crippen LogP contribution in [0.15, 0.2) is 77.8 Å². The normalized spacial score (nSPS) is 17.0. The maximum Gasteiger partial charge on any atom is 0.349 e. The van der Waals surface area contributed by atoms with Crippen LogP contribution in [0.1, 0.15) is 95.9 Å². The number of halogens is 1. The Balaban J connectivity index is 0.000000733. The number of nitrogens with two attached hydrogens (primary N) is 1. The second-order valence-corrected chi connectivity index (χ2v) is 19.0. The number of ether oxygens (including phenoxy) is 1. The molecule has 0 aliphatic carbocycles. The van der Waals surface area contributed by atoms with Crippen molar-refractivity contribution in [1.82, 2.24) is 9.21 Å². The zero-order valence-electron chi connectivity index (χ0n) is 37.9. The van der Waals surface area contributed by atoms with E-state index in [2.05, 4.69) is 76.1 Å². The van der Waals surface area contributed by atoms with Gasteiger partial charge in [-0.3, -0.25) is 14.7 Å². The minimum absolute atomic E-state index is 0.0656. The Hall–Kier alpha value is -5.65. The molecule has 5 aromatic rings. The minimum atomic E-state index is -1.36. The fourth-order valence-corrected chi connectivity index (χ4v) is 10.9. The van der Waals surface area contributed by atoms with Crippen molar-refractivity contribution in [3.63, 3.8) is 0 Å². The number of aromatic carboxylic acids is 1. The number of aliphatic imine (C=N–C) groups is 1. The summed E-state index contributed by atoms with van der Waals surface area (Å²) in [5.74, 6) is -1.10. The molecule has 350 valence electrons. The van der Waals surface area contributed by atoms with Gasteiger partial charge in [0.25, 0.3) is 5.91 Å². The molecule has 4 heterocycles. The summed E-state index contributed by atoms with van der Waals surface area (Å²) in [6.45, 7) is 11.5. The number of likely N-dealkylation sites (tertiary alicyclic amines) is 1. The van der Waals surface area contributed by atoms with Crippen molar-refractivity contribution < 1.29 is 38.5 Å². The van der Waals surface area contributed by atoms with Crippen LogP contribution in [-0.4, -0.2) is 103 Å². The lowest BCUT2D eigenvalue weighted by atomic mass is 9.85. The Bertz CT molecular complexity index is 2530. The van der Waals surface area contributed by atoms with Crippen molar-refractivity contribution in [2.24, 2.45) is 10.7 Å². The van der Waals surface area contributed by atoms with E-state index in [9.17, 15) is 33.8 Å². The molecule has 1 amide bonds. The molecular formula is C50H59FN6O7S2. The number of aromatic hydroxyl groups is 1. The van der Waals surface area contributed by atoms with Crippen LogP contribution in [0.3, 0.4) is 0 Å². The van der Waals surface area contributed by atoms with E-state index in [0.29, 0.717) is 37.5 Å². The van der Waals surface area contributed by atoms with Gasteiger partial charge in [0, 0.05) is 73.5 Å². The van der Waals surface area contributed by atoms with Crippen molar-refractivity contribution in [2.75, 3.05) is 50.7 Å². The number of anilines is 2. The Morgan fingerprint density at radius 3 is 2.42 bits per heavy atom. The fraction of sp³-hybridized carbons (Fsp3) is 0.380. The molecule has 2 fully saturated rings. The molecule has 66 heavy (non-hydrogen) atoms. The predicted octanol–water partition coefficient (Wildman–Crippen LogP) is 9.88. The molecule has 4 aromatic carbocycles. The van der Waals surface area contributed by atoms with E-state index in [1.807, 2.05) is 31.3 Å². The summed E-state index contributed by atoms with van der Waals surface area (Å²) in [5, 5.41) is 25.2. The summed E-state index contributed by atoms with van der Waals surface area (Å²) in [6.07, 6.45) is 7.20. The Kier molecular flexibility index (Phi) is 17.1. The van der Waals surface area contributed by atoms with E-state index < -0.39 is 22.4 Å². The van der Waals surface area contributed by atoms with E-state index >= 15 is 0 Å². The SMILES string of the molecule is C=Nc1cc(CSN2CCC(Nc3cccc(-c4sc(C(=O)O)c(O)c4F)c3)CC2(C)C)ccc1OCN1CCC(c2ccc3c4c(cccc24)C(=O)N3C)CC1.CN.O=CCCCC=O. The summed E-state index contributed by atoms with van der Waals surface area (Å²) in [5.41, 5.74) is 10.7. The van der Waals surface area contributed by atoms with Crippen molar-refractivity contribution in [2.45, 2.75) is 82.0 Å². The van der Waals surface area contributed by atoms with E-state index in [1.54, 1.807) is 35.0 Å². The van der Waals surface area contributed by atoms with Crippen molar-refractivity contribution in [3.05, 3.63) is 100 Å². The number of unbranched alkanes of at least 4 members (excludes halogenated alkanes) is 2. The highest BCUT2D eigenvalue weighted by atomic mass is 32.2. The third-order valence-electron chi connectivity index (χ3n) is 12.2. The van der Waals surface area contributed by atoms with Gasteiger partial charge in [0.1, 0.15) is 30.7 Å². The van der Waals surface area contributed by atoms with Gasteiger partial charge in [-0.15, -0.1) is 11.3 Å². The van der Waals surface area contributed by atoms with Crippen LogP contribution in [0.5, 0.6) is 11.5 Å². The van der Waals surface area contributed by atoms with E-state index in [4.69, 9.17) is 4.74 Å². The smallest absolute Gasteiger partial charge is 0.349 e. The number of carbonyl (C=O) groups excluding carboxylic acids is 3. The van der Waals surface area contributed by atoms with Crippen molar-refractivity contribution >= 4 is 82.3 Å². The van der Waals surface area contributed by atoms with Crippen LogP contribution >= 0.6 is 23.3 Å². The molecule has 1 atom stereocenters. The van der Waals surface area contributed by atoms with Crippen LogP contribution < -0.4 is 20.7 Å². The van der Waals surface area contributed by atoms with Gasteiger partial charge >= 0.3 is 5.97 Å². The lowest BCUT2D eigenvalue weighted by Gasteiger charge is -2.45. The number of hydrogen-bond acceptors (Lipinski definition) is 13. The van der Waals surface area contributed by atoms with Gasteiger partial charge in [0.2, 0.25) is 0 Å². The maximum absolute atomic E-state index is 14.7. The zero-order chi connectivity index (χ0) is 47.5. The molecule has 3 aliphatic rings. The Morgan fingerprint density at radius 1 is 1.03 bits per heavy atom. The number of carboxylic acid groups (broad SMARTS) is 1. The number of benzene rings is 4. The van der Waals surface area contributed by atoms with E-state index in [0.717, 1.165) is 114 Å². The largest absolute Gasteiger partial charge is 0.504 e. The Morgan fingerprint density at radius 2 is 1.76 bits per heavy atom. The van der Waals surface area contributed by atoms with Gasteiger partial charge in [-0.05, 0) is 124 Å². The summed E-state index contributed by atoms with van der Waals surface area (Å²) in [4.78, 5) is 51.4. The van der Waals surface area contributed by atoms with Crippen LogP contribution in [-0.2, 0) is 15.3 Å². The standard InChI is InChI=1S/C44H46FN5O5S2.C5H8O2.CH5N/c1-44(2)23-30(47-29-8-5-7-28(22-29)40-38(45)39(51)41(57-40)43(53)54)17-20-50(44)56-24-26-11-14-36(34(21-26)46-3)55-25-49-18-15-27(16-19-49)31-12-13-35-37-32(31)9-6-10-33(37)42(52)48(35)4;6-4-2-1-3-5-7;1-2/h5-14,21-22,27,30,47,51H,3,15-20,23-25H2,1-2,4H3,(H,53,54);4-5H,1-3H2;2H2,1H3. The number of amides is 1. The number of nitrogens with one attached hydrogen (secondary N) is 1. The molecule has 3 aliphatic heterocycles. The number of carboxylic acids is 1. The topological polar surface area (TPSA) is 178 Å². The first-order chi connectivity index (χ1) is 31.8. The van der Waals surface area contributed by atoms with Crippen molar-refractivity contribution in [3.8, 4) is 21.9 Å². The molecule has 16 heteroatoms. The first-order valence-corrected chi connectivity index (χ1v) is 23.8. The number of nitrogens with zero attached hydrogens (tertiary/aromatic N) is 4. The number of hydrogen-bond donors (Lipinski definition) is 4. The van der Waals surface area contributed by atoms with Gasteiger partial charge in [-0.2, -0.15) is 0 Å². The number of piperidine rings is 2. The number of rotatable bonds is 16. The first kappa shape index (κ1) is 49.8. The van der Waals surface area contributed by atoms with Crippen LogP contribution in [0.25, 0.3) is 21.2 Å². The monoisotopic (exact) mass is 938 g/mol. The highest BCUT2D eigenvalue weighted by Gasteiger charge is 2.36. The quantitative estimate of drug-likeness (QED) is 0.0319. The first-order valence-electron chi connectivity index (χ1n) is 22.1. The maximum atomic E-state index is 14.7. The summed E-state index contributed by atoms with van der Waals surface area (Å²) in [7, 11) is 3.35. The number of aldehydes is 2. The molecule has 1 unspecified atom stereocenters. The molecule has 5 N–H and O–H groups in total. The molecule has 0 bridgehead atoms.